The molecule has 4 nitrogen and oxygen atoms in total. The Balaban J connectivity index is 0.00000196. The zero-order chi connectivity index (χ0) is 17.2. The van der Waals surface area contributed by atoms with Gasteiger partial charge in [-0.05, 0) is 29.4 Å². The molecule has 0 aliphatic carbocycles. The molecule has 26 heavy (non-hydrogen) atoms. The second-order valence-corrected chi connectivity index (χ2v) is 6.69. The van der Waals surface area contributed by atoms with E-state index in [1.807, 2.05) is 29.3 Å². The minimum absolute atomic E-state index is 0. The van der Waals surface area contributed by atoms with E-state index in [0.717, 1.165) is 34.0 Å². The highest BCUT2D eigenvalue weighted by Crippen LogP contribution is 2.40. The number of aromatic nitrogens is 2. The molecule has 132 valence electrons. The van der Waals surface area contributed by atoms with Crippen LogP contribution in [0.4, 0.5) is 10.8 Å². The Bertz CT molecular complexity index is 1050. The van der Waals surface area contributed by atoms with E-state index in [4.69, 9.17) is 0 Å². The van der Waals surface area contributed by atoms with Crippen LogP contribution in [0, 0.1) is 0 Å². The predicted octanol–water partition coefficient (Wildman–Crippen LogP) is 2.63. The average molecular weight is 383 g/mol. The Morgan fingerprint density at radius 2 is 1.73 bits per heavy atom. The summed E-state index contributed by atoms with van der Waals surface area (Å²) < 4.78 is 4.29. The van der Waals surface area contributed by atoms with Crippen molar-refractivity contribution in [1.29, 1.82) is 0 Å². The minimum Gasteiger partial charge on any atom is -1.00 e. The van der Waals surface area contributed by atoms with Gasteiger partial charge in [-0.2, -0.15) is 0 Å². The third-order valence-corrected chi connectivity index (χ3v) is 5.14. The number of benzene rings is 2. The van der Waals surface area contributed by atoms with E-state index >= 15 is 0 Å². The average Bonchev–Trinajstić information content (AvgIpc) is 3.21. The zero-order valence-electron chi connectivity index (χ0n) is 14.6. The number of azo groups is 1. The van der Waals surface area contributed by atoms with Crippen molar-refractivity contribution < 1.29 is 17.0 Å². The third kappa shape index (κ3) is 3.16. The quantitative estimate of drug-likeness (QED) is 0.384. The van der Waals surface area contributed by atoms with Gasteiger partial charge in [0.1, 0.15) is 11.9 Å². The molecule has 2 aromatic heterocycles. The molecule has 0 aliphatic heterocycles. The molecule has 0 fully saturated rings. The number of hydrogen-bond acceptors (Lipinski definition) is 3. The molecule has 0 bridgehead atoms. The van der Waals surface area contributed by atoms with Crippen LogP contribution in [-0.2, 0) is 13.6 Å². The van der Waals surface area contributed by atoms with Gasteiger partial charge in [0, 0.05) is 22.9 Å². The minimum atomic E-state index is 0. The highest BCUT2D eigenvalue weighted by molar-refractivity contribution is 7.12. The summed E-state index contributed by atoms with van der Waals surface area (Å²) in [7, 11) is 1.98. The van der Waals surface area contributed by atoms with Crippen LogP contribution < -0.4 is 17.0 Å². The molecule has 2 heterocycles. The summed E-state index contributed by atoms with van der Waals surface area (Å²) in [6.07, 6.45) is 1.99. The van der Waals surface area contributed by atoms with Gasteiger partial charge < -0.3 is 17.0 Å². The molecule has 0 aliphatic rings. The van der Waals surface area contributed by atoms with Crippen LogP contribution in [0.2, 0.25) is 0 Å². The first-order valence-electron chi connectivity index (χ1n) is 8.31. The number of fused-ring (bicyclic) bond motifs is 1. The highest BCUT2D eigenvalue weighted by Gasteiger charge is 2.19. The van der Waals surface area contributed by atoms with Crippen LogP contribution in [0.1, 0.15) is 6.92 Å². The van der Waals surface area contributed by atoms with E-state index in [1.165, 1.54) is 5.52 Å². The van der Waals surface area contributed by atoms with Crippen molar-refractivity contribution in [2.45, 2.75) is 13.5 Å². The van der Waals surface area contributed by atoms with Crippen molar-refractivity contribution in [2.24, 2.45) is 17.3 Å². The molecule has 4 aromatic rings. The summed E-state index contributed by atoms with van der Waals surface area (Å²) in [5, 5.41) is 13.2. The number of aryl methyl sites for hydroxylation is 2. The number of para-hydroxylation sites is 1. The standard InChI is InChI=1S/C20H19N4S.ClH/c1-3-24-17-12-8-7-11-16(17)18(19(24)15-9-5-4-6-10-15)21-22-20-23(2)13-14-25-20;/h4-14H,3H2,1-2H3;1H/q+1;/p-1. The van der Waals surface area contributed by atoms with Gasteiger partial charge in [-0.3, -0.25) is 0 Å². The van der Waals surface area contributed by atoms with Crippen molar-refractivity contribution >= 4 is 33.1 Å². The van der Waals surface area contributed by atoms with Gasteiger partial charge in [0.25, 0.3) is 0 Å². The normalized spacial score (nSPS) is 11.2. The first kappa shape index (κ1) is 18.3. The maximum absolute atomic E-state index is 4.68. The molecule has 0 saturated carbocycles. The Hall–Kier alpha value is -2.50. The van der Waals surface area contributed by atoms with E-state index in [1.54, 1.807) is 11.3 Å². The summed E-state index contributed by atoms with van der Waals surface area (Å²) in [5.41, 5.74) is 4.39. The van der Waals surface area contributed by atoms with Crippen LogP contribution in [-0.4, -0.2) is 4.57 Å². The molecule has 0 saturated heterocycles. The topological polar surface area (TPSA) is 33.5 Å². The fourth-order valence-electron chi connectivity index (χ4n) is 3.12. The van der Waals surface area contributed by atoms with Crippen LogP contribution in [0.25, 0.3) is 22.2 Å². The highest BCUT2D eigenvalue weighted by atomic mass is 35.5. The van der Waals surface area contributed by atoms with Gasteiger partial charge in [-0.25, -0.2) is 4.57 Å². The molecule has 4 rings (SSSR count). The molecular weight excluding hydrogens is 364 g/mol. The molecule has 2 aromatic carbocycles. The van der Waals surface area contributed by atoms with Crippen molar-refractivity contribution in [3.05, 3.63) is 66.2 Å². The van der Waals surface area contributed by atoms with Gasteiger partial charge in [0.2, 0.25) is 0 Å². The maximum Gasteiger partial charge on any atom is 0.408 e. The monoisotopic (exact) mass is 382 g/mol. The number of halogens is 1. The summed E-state index contributed by atoms with van der Waals surface area (Å²) in [4.78, 5) is 0. The third-order valence-electron chi connectivity index (χ3n) is 4.30. The van der Waals surface area contributed by atoms with Gasteiger partial charge in [0.05, 0.1) is 23.4 Å². The lowest BCUT2D eigenvalue weighted by Crippen LogP contribution is -3.00. The first-order chi connectivity index (χ1) is 12.3. The summed E-state index contributed by atoms with van der Waals surface area (Å²) >= 11 is 1.58. The number of thiazole rings is 1. The largest absolute Gasteiger partial charge is 1.00 e. The second-order valence-electron chi connectivity index (χ2n) is 5.82. The fraction of sp³-hybridized carbons (Fsp3) is 0.150. The molecule has 6 heteroatoms. The van der Waals surface area contributed by atoms with E-state index in [0.29, 0.717) is 0 Å². The van der Waals surface area contributed by atoms with E-state index in [-0.39, 0.29) is 12.4 Å². The molecule has 0 amide bonds. The number of rotatable bonds is 4. The lowest BCUT2D eigenvalue weighted by molar-refractivity contribution is -0.654. The molecule has 0 unspecified atom stereocenters. The molecule has 0 N–H and O–H groups in total. The van der Waals surface area contributed by atoms with Crippen molar-refractivity contribution in [3.8, 4) is 11.3 Å². The van der Waals surface area contributed by atoms with E-state index in [2.05, 4.69) is 70.3 Å². The molecule has 0 radical (unpaired) electrons. The Labute approximate surface area is 162 Å². The predicted molar refractivity (Wildman–Crippen MR) is 103 cm³/mol. The van der Waals surface area contributed by atoms with Crippen LogP contribution >= 0.6 is 11.3 Å². The van der Waals surface area contributed by atoms with Crippen LogP contribution in [0.5, 0.6) is 0 Å². The summed E-state index contributed by atoms with van der Waals surface area (Å²) in [5.74, 6) is 0. The Morgan fingerprint density at radius 1 is 1.00 bits per heavy atom. The lowest BCUT2D eigenvalue weighted by atomic mass is 10.1. The summed E-state index contributed by atoms with van der Waals surface area (Å²) in [6.45, 7) is 3.05. The van der Waals surface area contributed by atoms with Gasteiger partial charge in [0.15, 0.2) is 0 Å². The molecular formula is C20H19ClN4S. The van der Waals surface area contributed by atoms with Crippen molar-refractivity contribution in [2.75, 3.05) is 0 Å². The lowest BCUT2D eigenvalue weighted by Gasteiger charge is -2.08. The second kappa shape index (κ2) is 7.81. The van der Waals surface area contributed by atoms with Crippen LogP contribution in [0.3, 0.4) is 0 Å². The summed E-state index contributed by atoms with van der Waals surface area (Å²) in [6, 6.07) is 18.8. The fourth-order valence-corrected chi connectivity index (χ4v) is 3.80. The van der Waals surface area contributed by atoms with E-state index < -0.39 is 0 Å². The van der Waals surface area contributed by atoms with E-state index in [9.17, 15) is 0 Å². The zero-order valence-corrected chi connectivity index (χ0v) is 16.2. The van der Waals surface area contributed by atoms with Crippen molar-refractivity contribution in [1.82, 2.24) is 4.57 Å². The maximum atomic E-state index is 4.68. The van der Waals surface area contributed by atoms with Gasteiger partial charge in [-0.15, -0.1) is 0 Å². The van der Waals surface area contributed by atoms with Gasteiger partial charge >= 0.3 is 5.13 Å². The smallest absolute Gasteiger partial charge is 0.408 e. The van der Waals surface area contributed by atoms with Crippen LogP contribution in [0.15, 0.2) is 76.4 Å². The first-order valence-corrected chi connectivity index (χ1v) is 9.19. The number of nitrogens with zero attached hydrogens (tertiary/aromatic N) is 4. The molecule has 0 spiro atoms. The SMILES string of the molecule is CCn1c(-c2ccccc2)c(N=Nc2scc[n+]2C)c2ccccc21.[Cl-]. The Morgan fingerprint density at radius 3 is 2.42 bits per heavy atom. The Kier molecular flexibility index (Phi) is 5.49. The van der Waals surface area contributed by atoms with Crippen molar-refractivity contribution in [3.63, 3.8) is 0 Å². The number of hydrogen-bond donors (Lipinski definition) is 0. The van der Waals surface area contributed by atoms with Gasteiger partial charge in [-0.1, -0.05) is 48.5 Å². The molecule has 0 atom stereocenters.